The lowest BCUT2D eigenvalue weighted by Crippen LogP contribution is -1.90. The van der Waals surface area contributed by atoms with Crippen LogP contribution in [0, 0.1) is 6.92 Å². The third-order valence-electron chi connectivity index (χ3n) is 2.61. The lowest BCUT2D eigenvalue weighted by atomic mass is 10.2. The average Bonchev–Trinajstić information content (AvgIpc) is 2.26. The summed E-state index contributed by atoms with van der Waals surface area (Å²) in [7, 11) is 0. The van der Waals surface area contributed by atoms with E-state index < -0.39 is 0 Å². The van der Waals surface area contributed by atoms with E-state index in [9.17, 15) is 0 Å². The Morgan fingerprint density at radius 3 is 2.19 bits per heavy atom. The number of aryl methyl sites for hydroxylation is 1. The molecular formula is C13H11N3. The van der Waals surface area contributed by atoms with Gasteiger partial charge in [-0.3, -0.25) is 0 Å². The monoisotopic (exact) mass is 209 g/mol. The number of hydrogen-bond acceptors (Lipinski definition) is 3. The Bertz CT molecular complexity index is 628. The molecule has 0 saturated heterocycles. The van der Waals surface area contributed by atoms with Gasteiger partial charge in [-0.25, -0.2) is 9.97 Å². The molecule has 16 heavy (non-hydrogen) atoms. The van der Waals surface area contributed by atoms with Gasteiger partial charge in [-0.05, 0) is 42.8 Å². The predicted molar refractivity (Wildman–Crippen MR) is 66.2 cm³/mol. The minimum atomic E-state index is 0.716. The highest BCUT2D eigenvalue weighted by Gasteiger charge is 2.01. The van der Waals surface area contributed by atoms with Crippen LogP contribution in [0.2, 0.25) is 0 Å². The quantitative estimate of drug-likeness (QED) is 0.457. The van der Waals surface area contributed by atoms with Gasteiger partial charge >= 0.3 is 0 Å². The Labute approximate surface area is 92.9 Å². The minimum absolute atomic E-state index is 0.716. The maximum absolute atomic E-state index is 5.72. The second kappa shape index (κ2) is 3.17. The van der Waals surface area contributed by atoms with Crippen molar-refractivity contribution >= 4 is 27.8 Å². The Kier molecular flexibility index (Phi) is 1.80. The van der Waals surface area contributed by atoms with E-state index >= 15 is 0 Å². The average molecular weight is 209 g/mol. The van der Waals surface area contributed by atoms with Crippen LogP contribution < -0.4 is 5.73 Å². The topological polar surface area (TPSA) is 51.8 Å². The summed E-state index contributed by atoms with van der Waals surface area (Å²) in [5, 5.41) is 0. The molecule has 0 saturated carbocycles. The van der Waals surface area contributed by atoms with Crippen LogP contribution in [0.4, 0.5) is 5.69 Å². The van der Waals surface area contributed by atoms with Gasteiger partial charge < -0.3 is 5.73 Å². The number of nitrogen functional groups attached to an aromatic ring is 1. The van der Waals surface area contributed by atoms with Crippen molar-refractivity contribution < 1.29 is 0 Å². The van der Waals surface area contributed by atoms with E-state index in [1.807, 2.05) is 43.3 Å². The number of hydrogen-bond donors (Lipinski definition) is 1. The molecule has 0 atom stereocenters. The molecule has 78 valence electrons. The van der Waals surface area contributed by atoms with E-state index in [4.69, 9.17) is 5.73 Å². The van der Waals surface area contributed by atoms with Gasteiger partial charge in [0.1, 0.15) is 0 Å². The molecule has 0 aliphatic heterocycles. The van der Waals surface area contributed by atoms with Crippen molar-refractivity contribution in [2.75, 3.05) is 5.73 Å². The molecule has 0 unspecified atom stereocenters. The van der Waals surface area contributed by atoms with Gasteiger partial charge in [-0.1, -0.05) is 6.07 Å². The fourth-order valence-corrected chi connectivity index (χ4v) is 1.80. The van der Waals surface area contributed by atoms with E-state index in [0.29, 0.717) is 5.69 Å². The number of aromatic nitrogens is 2. The van der Waals surface area contributed by atoms with Gasteiger partial charge in [-0.15, -0.1) is 0 Å². The van der Waals surface area contributed by atoms with Crippen LogP contribution >= 0.6 is 0 Å². The molecule has 2 N–H and O–H groups in total. The van der Waals surface area contributed by atoms with E-state index in [1.54, 1.807) is 0 Å². The first kappa shape index (κ1) is 9.09. The molecule has 0 fully saturated rings. The summed E-state index contributed by atoms with van der Waals surface area (Å²) >= 11 is 0. The first-order valence-electron chi connectivity index (χ1n) is 5.16. The van der Waals surface area contributed by atoms with Gasteiger partial charge in [-0.2, -0.15) is 0 Å². The third kappa shape index (κ3) is 1.37. The first-order chi connectivity index (χ1) is 7.72. The minimum Gasteiger partial charge on any atom is -0.399 e. The first-order valence-corrected chi connectivity index (χ1v) is 5.16. The molecule has 3 heteroatoms. The smallest absolute Gasteiger partial charge is 0.0915 e. The summed E-state index contributed by atoms with van der Waals surface area (Å²) in [6, 6.07) is 11.7. The van der Waals surface area contributed by atoms with Crippen molar-refractivity contribution in [1.82, 2.24) is 9.97 Å². The van der Waals surface area contributed by atoms with Gasteiger partial charge in [0, 0.05) is 5.69 Å². The third-order valence-corrected chi connectivity index (χ3v) is 2.61. The number of anilines is 1. The van der Waals surface area contributed by atoms with Crippen molar-refractivity contribution in [2.24, 2.45) is 0 Å². The number of nitrogens with two attached hydrogens (primary N) is 1. The van der Waals surface area contributed by atoms with Crippen LogP contribution in [-0.4, -0.2) is 9.97 Å². The summed E-state index contributed by atoms with van der Waals surface area (Å²) in [5.74, 6) is 0. The van der Waals surface area contributed by atoms with Gasteiger partial charge in [0.25, 0.3) is 0 Å². The molecule has 0 spiro atoms. The molecule has 1 aromatic heterocycles. The molecule has 0 aliphatic carbocycles. The van der Waals surface area contributed by atoms with Crippen LogP contribution in [0.15, 0.2) is 36.4 Å². The number of benzene rings is 2. The Hall–Kier alpha value is -2.16. The van der Waals surface area contributed by atoms with E-state index in [0.717, 1.165) is 22.1 Å². The normalized spacial score (nSPS) is 11.1. The van der Waals surface area contributed by atoms with Gasteiger partial charge in [0.05, 0.1) is 22.1 Å². The molecule has 0 aliphatic rings. The highest BCUT2D eigenvalue weighted by atomic mass is 14.8. The SMILES string of the molecule is Cc1ccc2nc3cc(N)ccc3nc2c1. The number of nitrogens with zero attached hydrogens (tertiary/aromatic N) is 2. The van der Waals surface area contributed by atoms with Crippen LogP contribution in [0.5, 0.6) is 0 Å². The molecule has 1 heterocycles. The molecule has 0 bridgehead atoms. The van der Waals surface area contributed by atoms with Crippen LogP contribution in [0.3, 0.4) is 0 Å². The highest BCUT2D eigenvalue weighted by molar-refractivity contribution is 5.87. The largest absolute Gasteiger partial charge is 0.399 e. The molecule has 0 amide bonds. The van der Waals surface area contributed by atoms with Crippen molar-refractivity contribution in [2.45, 2.75) is 6.92 Å². The second-order valence-electron chi connectivity index (χ2n) is 3.96. The lowest BCUT2D eigenvalue weighted by Gasteiger charge is -2.02. The number of fused-ring (bicyclic) bond motifs is 2. The fourth-order valence-electron chi connectivity index (χ4n) is 1.80. The second-order valence-corrected chi connectivity index (χ2v) is 3.96. The standard InChI is InChI=1S/C13H11N3/c1-8-2-4-10-12(6-8)15-11-5-3-9(14)7-13(11)16-10/h2-7H,14H2,1H3. The van der Waals surface area contributed by atoms with Crippen LogP contribution in [0.1, 0.15) is 5.56 Å². The van der Waals surface area contributed by atoms with Crippen LogP contribution in [0.25, 0.3) is 22.1 Å². The van der Waals surface area contributed by atoms with Crippen LogP contribution in [-0.2, 0) is 0 Å². The van der Waals surface area contributed by atoms with E-state index in [2.05, 4.69) is 9.97 Å². The summed E-state index contributed by atoms with van der Waals surface area (Å²) in [6.45, 7) is 2.05. The van der Waals surface area contributed by atoms with Gasteiger partial charge in [0.2, 0.25) is 0 Å². The molecule has 3 nitrogen and oxygen atoms in total. The predicted octanol–water partition coefficient (Wildman–Crippen LogP) is 2.67. The molecular weight excluding hydrogens is 198 g/mol. The van der Waals surface area contributed by atoms with Crippen molar-refractivity contribution in [3.63, 3.8) is 0 Å². The summed E-state index contributed by atoms with van der Waals surface area (Å²) in [4.78, 5) is 9.10. The summed E-state index contributed by atoms with van der Waals surface area (Å²) < 4.78 is 0. The van der Waals surface area contributed by atoms with E-state index in [-0.39, 0.29) is 0 Å². The molecule has 0 radical (unpaired) electrons. The summed E-state index contributed by atoms with van der Waals surface area (Å²) in [6.07, 6.45) is 0. The Morgan fingerprint density at radius 1 is 0.812 bits per heavy atom. The lowest BCUT2D eigenvalue weighted by molar-refractivity contribution is 1.37. The Morgan fingerprint density at radius 2 is 1.44 bits per heavy atom. The maximum atomic E-state index is 5.72. The van der Waals surface area contributed by atoms with Gasteiger partial charge in [0.15, 0.2) is 0 Å². The molecule has 3 rings (SSSR count). The maximum Gasteiger partial charge on any atom is 0.0915 e. The zero-order chi connectivity index (χ0) is 11.1. The van der Waals surface area contributed by atoms with Crippen molar-refractivity contribution in [3.05, 3.63) is 42.0 Å². The van der Waals surface area contributed by atoms with Crippen molar-refractivity contribution in [1.29, 1.82) is 0 Å². The van der Waals surface area contributed by atoms with Crippen molar-refractivity contribution in [3.8, 4) is 0 Å². The highest BCUT2D eigenvalue weighted by Crippen LogP contribution is 2.18. The zero-order valence-electron chi connectivity index (χ0n) is 8.94. The van der Waals surface area contributed by atoms with E-state index in [1.165, 1.54) is 5.56 Å². The summed E-state index contributed by atoms with van der Waals surface area (Å²) in [5.41, 5.74) is 11.2. The number of rotatable bonds is 0. The molecule has 3 aromatic rings. The fraction of sp³-hybridized carbons (Fsp3) is 0.0769. The molecule has 2 aromatic carbocycles. The zero-order valence-corrected chi connectivity index (χ0v) is 8.94. The Balaban J connectivity index is 2.44.